The van der Waals surface area contributed by atoms with Crippen LogP contribution in [-0.4, -0.2) is 29.2 Å². The van der Waals surface area contributed by atoms with Gasteiger partial charge in [0.1, 0.15) is 5.75 Å². The maximum Gasteiger partial charge on any atom is 0.250 e. The zero-order chi connectivity index (χ0) is 17.9. The average molecular weight is 352 g/mol. The Bertz CT molecular complexity index is 797. The molecule has 4 nitrogen and oxygen atoms in total. The van der Waals surface area contributed by atoms with Crippen molar-refractivity contribution in [2.75, 3.05) is 19.7 Å². The van der Waals surface area contributed by atoms with Crippen LogP contribution < -0.4 is 10.3 Å². The van der Waals surface area contributed by atoms with E-state index in [1.54, 1.807) is 6.07 Å². The van der Waals surface area contributed by atoms with E-state index in [9.17, 15) is 4.79 Å². The number of likely N-dealkylation sites (tertiary alicyclic amines) is 1. The predicted molar refractivity (Wildman–Crippen MR) is 104 cm³/mol. The van der Waals surface area contributed by atoms with Crippen LogP contribution in [0.1, 0.15) is 43.4 Å². The Kier molecular flexibility index (Phi) is 5.11. The van der Waals surface area contributed by atoms with Crippen molar-refractivity contribution in [2.45, 2.75) is 45.2 Å². The summed E-state index contributed by atoms with van der Waals surface area (Å²) < 4.78 is 7.75. The van der Waals surface area contributed by atoms with Gasteiger partial charge in [-0.25, -0.2) is 0 Å². The number of rotatable bonds is 6. The fraction of sp³-hybridized carbons (Fsp3) is 0.500. The Morgan fingerprint density at radius 3 is 2.73 bits per heavy atom. The smallest absolute Gasteiger partial charge is 0.250 e. The van der Waals surface area contributed by atoms with E-state index in [0.29, 0.717) is 11.8 Å². The molecule has 0 N–H and O–H groups in total. The quantitative estimate of drug-likeness (QED) is 0.745. The van der Waals surface area contributed by atoms with Gasteiger partial charge in [0.2, 0.25) is 0 Å². The second-order valence-electron chi connectivity index (χ2n) is 7.74. The van der Waals surface area contributed by atoms with Crippen molar-refractivity contribution >= 4 is 0 Å². The molecule has 0 saturated carbocycles. The summed E-state index contributed by atoms with van der Waals surface area (Å²) in [5.74, 6) is 2.03. The third-order valence-electron chi connectivity index (χ3n) is 5.65. The number of hydrogen-bond donors (Lipinski definition) is 0. The van der Waals surface area contributed by atoms with Crippen LogP contribution in [0.5, 0.6) is 5.75 Å². The monoisotopic (exact) mass is 352 g/mol. The first kappa shape index (κ1) is 17.3. The van der Waals surface area contributed by atoms with Crippen LogP contribution in [0.2, 0.25) is 0 Å². The molecule has 138 valence electrons. The van der Waals surface area contributed by atoms with Crippen molar-refractivity contribution in [3.05, 3.63) is 64.1 Å². The van der Waals surface area contributed by atoms with Crippen molar-refractivity contribution in [1.82, 2.24) is 9.47 Å². The minimum absolute atomic E-state index is 0.157. The minimum Gasteiger partial charge on any atom is -0.494 e. The summed E-state index contributed by atoms with van der Waals surface area (Å²) in [6.07, 6.45) is 3.47. The van der Waals surface area contributed by atoms with E-state index in [4.69, 9.17) is 4.74 Å². The molecule has 3 heterocycles. The lowest BCUT2D eigenvalue weighted by Gasteiger charge is -2.42. The fourth-order valence-electron chi connectivity index (χ4n) is 4.41. The topological polar surface area (TPSA) is 34.5 Å². The largest absolute Gasteiger partial charge is 0.494 e. The van der Waals surface area contributed by atoms with E-state index in [-0.39, 0.29) is 5.56 Å². The Morgan fingerprint density at radius 1 is 1.08 bits per heavy atom. The van der Waals surface area contributed by atoms with Crippen LogP contribution in [0.15, 0.2) is 47.3 Å². The molecule has 2 aliphatic rings. The highest BCUT2D eigenvalue weighted by atomic mass is 16.5. The molecule has 0 radical (unpaired) electrons. The van der Waals surface area contributed by atoms with Crippen molar-refractivity contribution in [1.29, 1.82) is 0 Å². The second kappa shape index (κ2) is 7.67. The van der Waals surface area contributed by atoms with E-state index in [1.165, 1.54) is 17.7 Å². The van der Waals surface area contributed by atoms with Crippen LogP contribution in [0, 0.1) is 5.92 Å². The first-order valence-corrected chi connectivity index (χ1v) is 9.87. The van der Waals surface area contributed by atoms with Crippen LogP contribution >= 0.6 is 0 Å². The molecular weight excluding hydrogens is 324 g/mol. The zero-order valence-electron chi connectivity index (χ0n) is 15.6. The maximum atomic E-state index is 12.1. The van der Waals surface area contributed by atoms with Crippen LogP contribution in [0.25, 0.3) is 0 Å². The number of nitrogens with zero attached hydrogens (tertiary/aromatic N) is 2. The first-order chi connectivity index (χ1) is 12.7. The summed E-state index contributed by atoms with van der Waals surface area (Å²) >= 11 is 0. The van der Waals surface area contributed by atoms with Crippen molar-refractivity contribution < 1.29 is 4.74 Å². The molecule has 2 bridgehead atoms. The van der Waals surface area contributed by atoms with Gasteiger partial charge in [0.15, 0.2) is 0 Å². The van der Waals surface area contributed by atoms with Crippen molar-refractivity contribution in [2.24, 2.45) is 5.92 Å². The predicted octanol–water partition coefficient (Wildman–Crippen LogP) is 3.65. The second-order valence-corrected chi connectivity index (χ2v) is 7.74. The summed E-state index contributed by atoms with van der Waals surface area (Å²) in [7, 11) is 0. The standard InChI is InChI=1S/C22H28N2O2/c1-2-3-11-26-20-9-7-17(8-10-20)13-23-14-18-12-19(16-23)21-5-4-6-22(25)24(21)15-18/h4-10,18-19H,2-3,11-16H2,1H3/t18-,19+/m0/s1. The number of aromatic nitrogens is 1. The summed E-state index contributed by atoms with van der Waals surface area (Å²) in [6, 6.07) is 14.3. The Morgan fingerprint density at radius 2 is 1.92 bits per heavy atom. The Hall–Kier alpha value is -2.07. The molecule has 0 aliphatic carbocycles. The van der Waals surface area contributed by atoms with Gasteiger partial charge >= 0.3 is 0 Å². The van der Waals surface area contributed by atoms with Crippen molar-refractivity contribution in [3.8, 4) is 5.75 Å². The van der Waals surface area contributed by atoms with Gasteiger partial charge < -0.3 is 9.30 Å². The summed E-state index contributed by atoms with van der Waals surface area (Å²) in [5, 5.41) is 0. The molecule has 1 aromatic heterocycles. The van der Waals surface area contributed by atoms with Gasteiger partial charge in [-0.3, -0.25) is 9.69 Å². The van der Waals surface area contributed by atoms with Crippen molar-refractivity contribution in [3.63, 3.8) is 0 Å². The van der Waals surface area contributed by atoms with E-state index in [2.05, 4.69) is 42.2 Å². The van der Waals surface area contributed by atoms with Gasteiger partial charge in [0, 0.05) is 43.9 Å². The molecule has 1 fully saturated rings. The lowest BCUT2D eigenvalue weighted by atomic mass is 9.83. The fourth-order valence-corrected chi connectivity index (χ4v) is 4.41. The number of benzene rings is 1. The summed E-state index contributed by atoms with van der Waals surface area (Å²) in [5.41, 5.74) is 2.71. The van der Waals surface area contributed by atoms with Gasteiger partial charge in [-0.2, -0.15) is 0 Å². The SMILES string of the molecule is CCCCOc1ccc(CN2C[C@@H]3C[C@H](C2)c2cccc(=O)n2C3)cc1. The lowest BCUT2D eigenvalue weighted by molar-refractivity contribution is 0.114. The van der Waals surface area contributed by atoms with Gasteiger partial charge in [-0.15, -0.1) is 0 Å². The number of fused-ring (bicyclic) bond motifs is 4. The third kappa shape index (κ3) is 3.70. The number of hydrogen-bond acceptors (Lipinski definition) is 3. The lowest BCUT2D eigenvalue weighted by Crippen LogP contribution is -2.46. The number of unbranched alkanes of at least 4 members (excludes halogenated alkanes) is 1. The van der Waals surface area contributed by atoms with Gasteiger partial charge in [0.25, 0.3) is 5.56 Å². The highest BCUT2D eigenvalue weighted by Crippen LogP contribution is 2.35. The minimum atomic E-state index is 0.157. The molecule has 2 aliphatic heterocycles. The van der Waals surface area contributed by atoms with E-state index < -0.39 is 0 Å². The van der Waals surface area contributed by atoms with Gasteiger partial charge in [0.05, 0.1) is 6.61 Å². The van der Waals surface area contributed by atoms with Gasteiger partial charge in [-0.1, -0.05) is 31.5 Å². The molecule has 0 unspecified atom stereocenters. The molecule has 1 saturated heterocycles. The molecule has 0 amide bonds. The Labute approximate surface area is 155 Å². The molecular formula is C22H28N2O2. The zero-order valence-corrected chi connectivity index (χ0v) is 15.6. The molecule has 1 aromatic carbocycles. The molecule has 0 spiro atoms. The number of piperidine rings is 1. The van der Waals surface area contributed by atoms with Crippen LogP contribution in [0.3, 0.4) is 0 Å². The first-order valence-electron chi connectivity index (χ1n) is 9.87. The number of ether oxygens (including phenoxy) is 1. The maximum absolute atomic E-state index is 12.1. The van der Waals surface area contributed by atoms with Gasteiger partial charge in [-0.05, 0) is 42.5 Å². The van der Waals surface area contributed by atoms with E-state index in [1.807, 2.05) is 10.6 Å². The molecule has 4 heteroatoms. The molecule has 26 heavy (non-hydrogen) atoms. The highest BCUT2D eigenvalue weighted by molar-refractivity contribution is 5.27. The van der Waals surface area contributed by atoms with E-state index in [0.717, 1.165) is 51.4 Å². The molecule has 2 aromatic rings. The normalized spacial score (nSPS) is 22.0. The molecule has 4 rings (SSSR count). The van der Waals surface area contributed by atoms with Crippen LogP contribution in [0.4, 0.5) is 0 Å². The third-order valence-corrected chi connectivity index (χ3v) is 5.65. The summed E-state index contributed by atoms with van der Waals surface area (Å²) in [6.45, 7) is 6.92. The molecule has 2 atom stereocenters. The Balaban J connectivity index is 1.41. The van der Waals surface area contributed by atoms with Crippen LogP contribution in [-0.2, 0) is 13.1 Å². The van der Waals surface area contributed by atoms with E-state index >= 15 is 0 Å². The highest BCUT2D eigenvalue weighted by Gasteiger charge is 2.34. The average Bonchev–Trinajstić information content (AvgIpc) is 2.64. The summed E-state index contributed by atoms with van der Waals surface area (Å²) in [4.78, 5) is 14.7. The number of pyridine rings is 1.